The molecular weight excluding hydrogens is 254 g/mol. The fourth-order valence-electron chi connectivity index (χ4n) is 2.66. The highest BCUT2D eigenvalue weighted by molar-refractivity contribution is 5.82. The molecule has 2 atom stereocenters. The van der Waals surface area contributed by atoms with E-state index in [0.717, 1.165) is 18.7 Å². The third-order valence-corrected chi connectivity index (χ3v) is 3.80. The second-order valence-electron chi connectivity index (χ2n) is 5.21. The SMILES string of the molecule is COC(C(=O)N1CCN(C)CC1CN)c1ccccc1. The van der Waals surface area contributed by atoms with Gasteiger partial charge in [0.1, 0.15) is 0 Å². The van der Waals surface area contributed by atoms with Crippen molar-refractivity contribution in [2.45, 2.75) is 12.1 Å². The minimum absolute atomic E-state index is 0.00208. The molecule has 0 aromatic heterocycles. The van der Waals surface area contributed by atoms with Crippen LogP contribution in [0.1, 0.15) is 11.7 Å². The first-order chi connectivity index (χ1) is 9.67. The average Bonchev–Trinajstić information content (AvgIpc) is 2.48. The number of amides is 1. The smallest absolute Gasteiger partial charge is 0.256 e. The third-order valence-electron chi connectivity index (χ3n) is 3.80. The van der Waals surface area contributed by atoms with Gasteiger partial charge in [0, 0.05) is 33.3 Å². The van der Waals surface area contributed by atoms with Gasteiger partial charge in [-0.3, -0.25) is 4.79 Å². The molecule has 1 aromatic rings. The highest BCUT2D eigenvalue weighted by atomic mass is 16.5. The van der Waals surface area contributed by atoms with Gasteiger partial charge in [-0.2, -0.15) is 0 Å². The van der Waals surface area contributed by atoms with E-state index in [4.69, 9.17) is 10.5 Å². The maximum absolute atomic E-state index is 12.7. The maximum Gasteiger partial charge on any atom is 0.256 e. The number of nitrogens with two attached hydrogens (primary N) is 1. The number of carbonyl (C=O) groups excluding carboxylic acids is 1. The predicted octanol–water partition coefficient (Wildman–Crippen LogP) is 0.475. The molecule has 0 bridgehead atoms. The second kappa shape index (κ2) is 6.83. The first kappa shape index (κ1) is 15.0. The number of rotatable bonds is 4. The summed E-state index contributed by atoms with van der Waals surface area (Å²) in [6.07, 6.45) is -0.548. The summed E-state index contributed by atoms with van der Waals surface area (Å²) in [4.78, 5) is 16.8. The van der Waals surface area contributed by atoms with Crippen LogP contribution in [0.15, 0.2) is 30.3 Å². The topological polar surface area (TPSA) is 58.8 Å². The summed E-state index contributed by atoms with van der Waals surface area (Å²) in [7, 11) is 3.62. The van der Waals surface area contributed by atoms with Crippen molar-refractivity contribution in [1.82, 2.24) is 9.80 Å². The van der Waals surface area contributed by atoms with Gasteiger partial charge >= 0.3 is 0 Å². The Morgan fingerprint density at radius 3 is 2.70 bits per heavy atom. The van der Waals surface area contributed by atoms with Crippen LogP contribution < -0.4 is 5.73 Å². The highest BCUT2D eigenvalue weighted by Crippen LogP contribution is 2.21. The van der Waals surface area contributed by atoms with Crippen molar-refractivity contribution in [1.29, 1.82) is 0 Å². The minimum Gasteiger partial charge on any atom is -0.367 e. The van der Waals surface area contributed by atoms with E-state index < -0.39 is 6.10 Å². The van der Waals surface area contributed by atoms with Gasteiger partial charge in [-0.1, -0.05) is 30.3 Å². The molecule has 1 aliphatic rings. The summed E-state index contributed by atoms with van der Waals surface area (Å²) in [5, 5.41) is 0. The maximum atomic E-state index is 12.7. The third kappa shape index (κ3) is 3.17. The molecule has 0 saturated carbocycles. The number of hydrogen-bond donors (Lipinski definition) is 1. The highest BCUT2D eigenvalue weighted by Gasteiger charge is 2.33. The van der Waals surface area contributed by atoms with Gasteiger partial charge in [0.2, 0.25) is 0 Å². The molecule has 2 unspecified atom stereocenters. The lowest BCUT2D eigenvalue weighted by atomic mass is 10.1. The second-order valence-corrected chi connectivity index (χ2v) is 5.21. The molecule has 20 heavy (non-hydrogen) atoms. The molecule has 1 amide bonds. The van der Waals surface area contributed by atoms with Crippen LogP contribution in [0.25, 0.3) is 0 Å². The monoisotopic (exact) mass is 277 g/mol. The van der Waals surface area contributed by atoms with Crippen molar-refractivity contribution in [3.8, 4) is 0 Å². The number of likely N-dealkylation sites (N-methyl/N-ethyl adjacent to an activating group) is 1. The lowest BCUT2D eigenvalue weighted by molar-refractivity contribution is -0.147. The van der Waals surface area contributed by atoms with E-state index in [-0.39, 0.29) is 11.9 Å². The van der Waals surface area contributed by atoms with E-state index in [0.29, 0.717) is 13.1 Å². The van der Waals surface area contributed by atoms with Gasteiger partial charge in [0.25, 0.3) is 5.91 Å². The molecule has 1 fully saturated rings. The average molecular weight is 277 g/mol. The van der Waals surface area contributed by atoms with Gasteiger partial charge in [-0.25, -0.2) is 0 Å². The quantitative estimate of drug-likeness (QED) is 0.869. The minimum atomic E-state index is -0.548. The fourth-order valence-corrected chi connectivity index (χ4v) is 2.66. The van der Waals surface area contributed by atoms with E-state index in [1.165, 1.54) is 0 Å². The van der Waals surface area contributed by atoms with Gasteiger partial charge in [0.15, 0.2) is 6.10 Å². The van der Waals surface area contributed by atoms with E-state index >= 15 is 0 Å². The first-order valence-corrected chi connectivity index (χ1v) is 6.94. The first-order valence-electron chi connectivity index (χ1n) is 6.94. The van der Waals surface area contributed by atoms with E-state index in [9.17, 15) is 4.79 Å². The van der Waals surface area contributed by atoms with Gasteiger partial charge in [-0.05, 0) is 12.6 Å². The normalized spacial score (nSPS) is 21.8. The molecule has 1 aromatic carbocycles. The number of ether oxygens (including phenoxy) is 1. The lowest BCUT2D eigenvalue weighted by Gasteiger charge is -2.40. The van der Waals surface area contributed by atoms with Crippen LogP contribution in [-0.4, -0.2) is 62.1 Å². The summed E-state index contributed by atoms with van der Waals surface area (Å²) in [5.74, 6) is 0.00208. The van der Waals surface area contributed by atoms with Crippen molar-refractivity contribution in [2.24, 2.45) is 5.73 Å². The van der Waals surface area contributed by atoms with Gasteiger partial charge in [-0.15, -0.1) is 0 Å². The van der Waals surface area contributed by atoms with Crippen molar-refractivity contribution in [3.05, 3.63) is 35.9 Å². The number of nitrogens with zero attached hydrogens (tertiary/aromatic N) is 2. The molecule has 0 spiro atoms. The number of hydrogen-bond acceptors (Lipinski definition) is 4. The van der Waals surface area contributed by atoms with Gasteiger partial charge in [0.05, 0.1) is 6.04 Å². The Morgan fingerprint density at radius 2 is 2.10 bits per heavy atom. The van der Waals surface area contributed by atoms with Crippen molar-refractivity contribution >= 4 is 5.91 Å². The van der Waals surface area contributed by atoms with Crippen molar-refractivity contribution in [3.63, 3.8) is 0 Å². The Balaban J connectivity index is 2.16. The number of methoxy groups -OCH3 is 1. The zero-order valence-corrected chi connectivity index (χ0v) is 12.2. The van der Waals surface area contributed by atoms with E-state index in [1.807, 2.05) is 35.2 Å². The Bertz CT molecular complexity index is 438. The molecule has 110 valence electrons. The molecule has 1 aliphatic heterocycles. The molecule has 5 nitrogen and oxygen atoms in total. The molecular formula is C15H23N3O2. The van der Waals surface area contributed by atoms with Crippen LogP contribution in [0.4, 0.5) is 0 Å². The standard InChI is InChI=1S/C15H23N3O2/c1-17-8-9-18(13(10-16)11-17)15(19)14(20-2)12-6-4-3-5-7-12/h3-7,13-14H,8-11,16H2,1-2H3. The Morgan fingerprint density at radius 1 is 1.40 bits per heavy atom. The molecule has 2 rings (SSSR count). The van der Waals surface area contributed by atoms with Crippen LogP contribution in [0.2, 0.25) is 0 Å². The number of benzene rings is 1. The molecule has 1 saturated heterocycles. The Kier molecular flexibility index (Phi) is 5.11. The number of carbonyl (C=O) groups is 1. The summed E-state index contributed by atoms with van der Waals surface area (Å²) in [6, 6.07) is 9.65. The predicted molar refractivity (Wildman–Crippen MR) is 78.2 cm³/mol. The van der Waals surface area contributed by atoms with Crippen LogP contribution in [0.5, 0.6) is 0 Å². The summed E-state index contributed by atoms with van der Waals surface area (Å²) >= 11 is 0. The van der Waals surface area contributed by atoms with Crippen LogP contribution in [0.3, 0.4) is 0 Å². The summed E-state index contributed by atoms with van der Waals surface area (Å²) < 4.78 is 5.43. The summed E-state index contributed by atoms with van der Waals surface area (Å²) in [5.41, 5.74) is 6.70. The molecule has 5 heteroatoms. The molecule has 0 radical (unpaired) electrons. The molecule has 1 heterocycles. The Labute approximate surface area is 120 Å². The van der Waals surface area contributed by atoms with Gasteiger partial charge < -0.3 is 20.3 Å². The van der Waals surface area contributed by atoms with E-state index in [1.54, 1.807) is 7.11 Å². The summed E-state index contributed by atoms with van der Waals surface area (Å²) in [6.45, 7) is 2.85. The van der Waals surface area contributed by atoms with Crippen LogP contribution >= 0.6 is 0 Å². The lowest BCUT2D eigenvalue weighted by Crippen LogP contribution is -2.57. The molecule has 0 aliphatic carbocycles. The number of piperazine rings is 1. The van der Waals surface area contributed by atoms with Crippen LogP contribution in [-0.2, 0) is 9.53 Å². The largest absolute Gasteiger partial charge is 0.367 e. The van der Waals surface area contributed by atoms with Crippen molar-refractivity contribution < 1.29 is 9.53 Å². The molecule has 2 N–H and O–H groups in total. The van der Waals surface area contributed by atoms with Crippen LogP contribution in [0, 0.1) is 0 Å². The van der Waals surface area contributed by atoms with E-state index in [2.05, 4.69) is 11.9 Å². The van der Waals surface area contributed by atoms with Crippen molar-refractivity contribution in [2.75, 3.05) is 40.3 Å². The fraction of sp³-hybridized carbons (Fsp3) is 0.533. The Hall–Kier alpha value is -1.43. The zero-order chi connectivity index (χ0) is 14.5. The zero-order valence-electron chi connectivity index (χ0n) is 12.2.